The summed E-state index contributed by atoms with van der Waals surface area (Å²) in [5.74, 6) is -0.286. The molecule has 3 aromatic rings. The molecule has 4 rings (SSSR count). The Morgan fingerprint density at radius 2 is 1.71 bits per heavy atom. The molecule has 1 fully saturated rings. The van der Waals surface area contributed by atoms with Crippen LogP contribution in [-0.4, -0.2) is 11.8 Å². The van der Waals surface area contributed by atoms with Crippen molar-refractivity contribution in [1.29, 1.82) is 0 Å². The fourth-order valence-corrected chi connectivity index (χ4v) is 3.57. The van der Waals surface area contributed by atoms with Gasteiger partial charge < -0.3 is 10.2 Å². The van der Waals surface area contributed by atoms with Crippen LogP contribution in [0.5, 0.6) is 0 Å². The number of rotatable bonds is 7. The Balaban J connectivity index is 1.51. The molecule has 31 heavy (non-hydrogen) atoms. The molecule has 0 radical (unpaired) electrons. The molecule has 0 aromatic heterocycles. The van der Waals surface area contributed by atoms with Gasteiger partial charge in [0.2, 0.25) is 11.8 Å². The molecular weight excluding hydrogens is 391 g/mol. The first-order valence-corrected chi connectivity index (χ1v) is 10.5. The summed E-state index contributed by atoms with van der Waals surface area (Å²) in [5, 5.41) is 2.92. The first-order chi connectivity index (χ1) is 15.0. The topological polar surface area (TPSA) is 49.4 Å². The van der Waals surface area contributed by atoms with E-state index in [0.29, 0.717) is 6.54 Å². The number of carbonyl (C=O) groups excluding carboxylic acids is 2. The summed E-state index contributed by atoms with van der Waals surface area (Å²) in [6, 6.07) is 21.4. The van der Waals surface area contributed by atoms with E-state index in [1.165, 1.54) is 12.1 Å². The summed E-state index contributed by atoms with van der Waals surface area (Å²) in [7, 11) is 0. The van der Waals surface area contributed by atoms with E-state index in [9.17, 15) is 14.0 Å². The van der Waals surface area contributed by atoms with Crippen molar-refractivity contribution in [3.05, 3.63) is 95.3 Å². The highest BCUT2D eigenvalue weighted by Gasteiger charge is 2.34. The minimum atomic E-state index is -0.301. The summed E-state index contributed by atoms with van der Waals surface area (Å²) in [6.45, 7) is 2.35. The maximum Gasteiger partial charge on any atom is 0.230 e. The predicted octanol–water partition coefficient (Wildman–Crippen LogP) is 5.26. The maximum atomic E-state index is 13.3. The van der Waals surface area contributed by atoms with E-state index in [1.807, 2.05) is 55.5 Å². The van der Waals surface area contributed by atoms with Crippen LogP contribution in [0.4, 0.5) is 15.8 Å². The third-order valence-electron chi connectivity index (χ3n) is 5.34. The molecule has 158 valence electrons. The fraction of sp³-hybridized carbons (Fsp3) is 0.231. The van der Waals surface area contributed by atoms with Crippen LogP contribution < -0.4 is 10.2 Å². The van der Waals surface area contributed by atoms with E-state index < -0.39 is 0 Å². The summed E-state index contributed by atoms with van der Waals surface area (Å²) in [5.41, 5.74) is 4.29. The molecule has 1 aliphatic rings. The summed E-state index contributed by atoms with van der Waals surface area (Å²) in [4.78, 5) is 27.2. The molecule has 4 nitrogen and oxygen atoms in total. The Labute approximate surface area is 181 Å². The minimum Gasteiger partial charge on any atom is -0.326 e. The molecule has 2 amide bonds. The van der Waals surface area contributed by atoms with E-state index in [0.717, 1.165) is 40.9 Å². The average molecular weight is 416 g/mol. The second-order valence-corrected chi connectivity index (χ2v) is 8.09. The lowest BCUT2D eigenvalue weighted by molar-refractivity contribution is -0.120. The Morgan fingerprint density at radius 3 is 2.42 bits per heavy atom. The van der Waals surface area contributed by atoms with Gasteiger partial charge in [-0.1, -0.05) is 36.4 Å². The van der Waals surface area contributed by atoms with Gasteiger partial charge in [0.05, 0.1) is 13.0 Å². The monoisotopic (exact) mass is 416 g/mol. The van der Waals surface area contributed by atoms with E-state index in [2.05, 4.69) is 5.32 Å². The standard InChI is InChI=1S/C26H25FN2O2/c1-18-4-2-6-23(14-18)28-25(30)16-20-5-3-7-24(15-20)29(26(31)21-10-11-21)17-19-8-12-22(27)13-9-19/h2-9,12-15,21H,10-11,16-17H2,1H3,(H,28,30). The van der Waals surface area contributed by atoms with Crippen LogP contribution >= 0.6 is 0 Å². The van der Waals surface area contributed by atoms with Crippen LogP contribution in [0.1, 0.15) is 29.5 Å². The van der Waals surface area contributed by atoms with Crippen LogP contribution in [0, 0.1) is 18.7 Å². The normalized spacial score (nSPS) is 13.0. The molecule has 5 heteroatoms. The maximum absolute atomic E-state index is 13.3. The van der Waals surface area contributed by atoms with Gasteiger partial charge in [0.15, 0.2) is 0 Å². The number of anilines is 2. The van der Waals surface area contributed by atoms with E-state index in [1.54, 1.807) is 17.0 Å². The van der Waals surface area contributed by atoms with Gasteiger partial charge in [-0.3, -0.25) is 9.59 Å². The summed E-state index contributed by atoms with van der Waals surface area (Å²) in [6.07, 6.45) is 2.01. The number of amides is 2. The highest BCUT2D eigenvalue weighted by Crippen LogP contribution is 2.34. The average Bonchev–Trinajstić information content (AvgIpc) is 3.58. The molecule has 0 heterocycles. The molecule has 1 aliphatic carbocycles. The van der Waals surface area contributed by atoms with Gasteiger partial charge in [-0.15, -0.1) is 0 Å². The Bertz CT molecular complexity index is 1090. The number of benzene rings is 3. The lowest BCUT2D eigenvalue weighted by Crippen LogP contribution is -2.31. The second-order valence-electron chi connectivity index (χ2n) is 8.09. The van der Waals surface area contributed by atoms with Crippen molar-refractivity contribution in [2.75, 3.05) is 10.2 Å². The molecule has 0 atom stereocenters. The predicted molar refractivity (Wildman–Crippen MR) is 120 cm³/mol. The number of hydrogen-bond donors (Lipinski definition) is 1. The van der Waals surface area contributed by atoms with Crippen molar-refractivity contribution in [2.45, 2.75) is 32.7 Å². The molecule has 0 spiro atoms. The van der Waals surface area contributed by atoms with Crippen molar-refractivity contribution in [3.63, 3.8) is 0 Å². The molecule has 0 aliphatic heterocycles. The highest BCUT2D eigenvalue weighted by molar-refractivity contribution is 5.97. The Morgan fingerprint density at radius 1 is 0.968 bits per heavy atom. The van der Waals surface area contributed by atoms with E-state index in [-0.39, 0.29) is 30.0 Å². The Kier molecular flexibility index (Phi) is 6.12. The third-order valence-corrected chi connectivity index (χ3v) is 5.34. The molecular formula is C26H25FN2O2. The summed E-state index contributed by atoms with van der Waals surface area (Å²) < 4.78 is 13.3. The Hall–Kier alpha value is -3.47. The van der Waals surface area contributed by atoms with Gasteiger partial charge in [-0.2, -0.15) is 0 Å². The van der Waals surface area contributed by atoms with Crippen LogP contribution in [0.25, 0.3) is 0 Å². The number of aryl methyl sites for hydroxylation is 1. The first kappa shape index (κ1) is 20.8. The largest absolute Gasteiger partial charge is 0.326 e. The fourth-order valence-electron chi connectivity index (χ4n) is 3.57. The van der Waals surface area contributed by atoms with Crippen molar-refractivity contribution in [3.8, 4) is 0 Å². The molecule has 1 N–H and O–H groups in total. The number of nitrogens with zero attached hydrogens (tertiary/aromatic N) is 1. The SMILES string of the molecule is Cc1cccc(NC(=O)Cc2cccc(N(Cc3ccc(F)cc3)C(=O)C3CC3)c2)c1. The number of halogens is 1. The highest BCUT2D eigenvalue weighted by atomic mass is 19.1. The summed E-state index contributed by atoms with van der Waals surface area (Å²) >= 11 is 0. The zero-order valence-corrected chi connectivity index (χ0v) is 17.5. The van der Waals surface area contributed by atoms with Gasteiger partial charge in [0.1, 0.15) is 5.82 Å². The van der Waals surface area contributed by atoms with Crippen LogP contribution in [0.2, 0.25) is 0 Å². The lowest BCUT2D eigenvalue weighted by atomic mass is 10.1. The quantitative estimate of drug-likeness (QED) is 0.571. The van der Waals surface area contributed by atoms with Gasteiger partial charge in [-0.25, -0.2) is 4.39 Å². The molecule has 1 saturated carbocycles. The van der Waals surface area contributed by atoms with E-state index >= 15 is 0 Å². The van der Waals surface area contributed by atoms with Crippen molar-refractivity contribution in [1.82, 2.24) is 0 Å². The van der Waals surface area contributed by atoms with Gasteiger partial charge in [-0.05, 0) is 72.9 Å². The minimum absolute atomic E-state index is 0.0497. The molecule has 0 saturated heterocycles. The molecule has 0 unspecified atom stereocenters. The lowest BCUT2D eigenvalue weighted by Gasteiger charge is -2.24. The number of carbonyl (C=O) groups is 2. The van der Waals surface area contributed by atoms with E-state index in [4.69, 9.17) is 0 Å². The third kappa shape index (κ3) is 5.57. The van der Waals surface area contributed by atoms with Crippen molar-refractivity contribution in [2.24, 2.45) is 5.92 Å². The van der Waals surface area contributed by atoms with Crippen LogP contribution in [0.3, 0.4) is 0 Å². The van der Waals surface area contributed by atoms with Gasteiger partial charge in [0.25, 0.3) is 0 Å². The molecule has 0 bridgehead atoms. The number of hydrogen-bond acceptors (Lipinski definition) is 2. The second kappa shape index (κ2) is 9.13. The van der Waals surface area contributed by atoms with Crippen LogP contribution in [-0.2, 0) is 22.6 Å². The zero-order valence-electron chi connectivity index (χ0n) is 17.5. The van der Waals surface area contributed by atoms with Crippen LogP contribution in [0.15, 0.2) is 72.8 Å². The van der Waals surface area contributed by atoms with Crippen molar-refractivity contribution < 1.29 is 14.0 Å². The number of nitrogens with one attached hydrogen (secondary N) is 1. The van der Waals surface area contributed by atoms with Gasteiger partial charge in [0, 0.05) is 17.3 Å². The van der Waals surface area contributed by atoms with Gasteiger partial charge >= 0.3 is 0 Å². The van der Waals surface area contributed by atoms with Crippen molar-refractivity contribution >= 4 is 23.2 Å². The zero-order chi connectivity index (χ0) is 21.8. The first-order valence-electron chi connectivity index (χ1n) is 10.5. The smallest absolute Gasteiger partial charge is 0.230 e. The molecule has 3 aromatic carbocycles.